The Morgan fingerprint density at radius 1 is 1.39 bits per heavy atom. The van der Waals surface area contributed by atoms with Crippen LogP contribution in [0.25, 0.3) is 10.2 Å². The number of aromatic nitrogens is 1. The van der Waals surface area contributed by atoms with Crippen LogP contribution in [0.1, 0.15) is 24.3 Å². The van der Waals surface area contributed by atoms with Gasteiger partial charge in [0.2, 0.25) is 5.91 Å². The largest absolute Gasteiger partial charge is 0.374 e. The molecule has 122 valence electrons. The van der Waals surface area contributed by atoms with E-state index in [9.17, 15) is 4.79 Å². The Balaban J connectivity index is 1.32. The zero-order chi connectivity index (χ0) is 15.6. The molecule has 1 aromatic heterocycles. The Hall–Kier alpha value is -1.50. The Morgan fingerprint density at radius 3 is 3.22 bits per heavy atom. The number of rotatable bonds is 4. The van der Waals surface area contributed by atoms with Crippen LogP contribution in [0.15, 0.2) is 24.3 Å². The van der Waals surface area contributed by atoms with E-state index in [1.165, 1.54) is 0 Å². The maximum Gasteiger partial charge on any atom is 0.249 e. The van der Waals surface area contributed by atoms with Gasteiger partial charge in [-0.05, 0) is 31.4 Å². The molecule has 1 saturated heterocycles. The predicted octanol–water partition coefficient (Wildman–Crippen LogP) is 2.59. The van der Waals surface area contributed by atoms with Gasteiger partial charge in [-0.25, -0.2) is 4.98 Å². The summed E-state index contributed by atoms with van der Waals surface area (Å²) in [5.41, 5.74) is 0.990. The highest BCUT2D eigenvalue weighted by atomic mass is 32.1. The van der Waals surface area contributed by atoms with Crippen LogP contribution in [-0.4, -0.2) is 47.7 Å². The number of hydrogen-bond donors (Lipinski definition) is 0. The Labute approximate surface area is 139 Å². The first-order valence-electron chi connectivity index (χ1n) is 8.14. The molecular weight excluding hydrogens is 312 g/mol. The first-order chi connectivity index (χ1) is 11.3. The van der Waals surface area contributed by atoms with Crippen LogP contribution in [-0.2, 0) is 20.9 Å². The molecule has 6 heteroatoms. The van der Waals surface area contributed by atoms with Crippen molar-refractivity contribution < 1.29 is 14.3 Å². The third-order valence-corrected chi connectivity index (χ3v) is 5.60. The van der Waals surface area contributed by atoms with Crippen LogP contribution in [0.2, 0.25) is 0 Å². The minimum Gasteiger partial charge on any atom is -0.374 e. The number of thiazole rings is 1. The first-order valence-corrected chi connectivity index (χ1v) is 8.96. The minimum atomic E-state index is 0.0753. The van der Waals surface area contributed by atoms with Crippen molar-refractivity contribution in [1.29, 1.82) is 0 Å². The molecule has 0 spiro atoms. The molecule has 1 saturated carbocycles. The highest BCUT2D eigenvalue weighted by molar-refractivity contribution is 7.18. The molecule has 2 aliphatic rings. The number of nitrogens with zero attached hydrogens (tertiary/aromatic N) is 2. The molecule has 2 atom stereocenters. The molecule has 2 aromatic rings. The highest BCUT2D eigenvalue weighted by Crippen LogP contribution is 2.29. The standard InChI is InChI=1S/C17H20N2O3S/c20-17(19-8-9-22-14-6-3-5-13(14)19)11-21-10-16-18-12-4-1-2-7-15(12)23-16/h1-2,4,7,13-14H,3,5-6,8-11H2/t13-,14+/m1/s1. The normalized spacial score (nSPS) is 24.1. The third-order valence-electron chi connectivity index (χ3n) is 4.59. The minimum absolute atomic E-state index is 0.0753. The number of carbonyl (C=O) groups excluding carboxylic acids is 1. The van der Waals surface area contributed by atoms with Gasteiger partial charge in [-0.2, -0.15) is 0 Å². The molecule has 0 radical (unpaired) electrons. The van der Waals surface area contributed by atoms with Gasteiger partial charge in [-0.1, -0.05) is 12.1 Å². The molecule has 5 nitrogen and oxygen atoms in total. The highest BCUT2D eigenvalue weighted by Gasteiger charge is 2.38. The van der Waals surface area contributed by atoms with Crippen LogP contribution in [0.4, 0.5) is 0 Å². The van der Waals surface area contributed by atoms with Gasteiger partial charge >= 0.3 is 0 Å². The number of para-hydroxylation sites is 1. The molecule has 1 aliphatic carbocycles. The lowest BCUT2D eigenvalue weighted by molar-refractivity contribution is -0.149. The number of morpholine rings is 1. The summed E-state index contributed by atoms with van der Waals surface area (Å²) < 4.78 is 12.5. The summed E-state index contributed by atoms with van der Waals surface area (Å²) in [6, 6.07) is 8.28. The quantitative estimate of drug-likeness (QED) is 0.863. The fourth-order valence-corrected chi connectivity index (χ4v) is 4.43. The smallest absolute Gasteiger partial charge is 0.249 e. The lowest BCUT2D eigenvalue weighted by Gasteiger charge is -2.37. The average molecular weight is 332 g/mol. The summed E-state index contributed by atoms with van der Waals surface area (Å²) in [5, 5.41) is 0.916. The number of ether oxygens (including phenoxy) is 2. The van der Waals surface area contributed by atoms with Gasteiger partial charge in [0.15, 0.2) is 0 Å². The van der Waals surface area contributed by atoms with Gasteiger partial charge in [0.05, 0.1) is 35.6 Å². The van der Waals surface area contributed by atoms with Gasteiger partial charge < -0.3 is 14.4 Å². The van der Waals surface area contributed by atoms with Gasteiger partial charge in [0.1, 0.15) is 11.6 Å². The molecule has 0 N–H and O–H groups in total. The summed E-state index contributed by atoms with van der Waals surface area (Å²) in [6.45, 7) is 1.85. The molecule has 1 aliphatic heterocycles. The number of carbonyl (C=O) groups is 1. The van der Waals surface area contributed by atoms with Gasteiger partial charge in [-0.3, -0.25) is 4.79 Å². The zero-order valence-electron chi connectivity index (χ0n) is 12.9. The third kappa shape index (κ3) is 3.11. The average Bonchev–Trinajstić information content (AvgIpc) is 3.20. The van der Waals surface area contributed by atoms with Gasteiger partial charge in [-0.15, -0.1) is 11.3 Å². The lowest BCUT2D eigenvalue weighted by Crippen LogP contribution is -2.52. The van der Waals surface area contributed by atoms with Crippen molar-refractivity contribution in [3.8, 4) is 0 Å². The van der Waals surface area contributed by atoms with E-state index in [2.05, 4.69) is 11.1 Å². The van der Waals surface area contributed by atoms with E-state index in [4.69, 9.17) is 9.47 Å². The molecule has 0 unspecified atom stereocenters. The summed E-state index contributed by atoms with van der Waals surface area (Å²) in [4.78, 5) is 18.9. The number of amides is 1. The first kappa shape index (κ1) is 15.1. The lowest BCUT2D eigenvalue weighted by atomic mass is 10.1. The van der Waals surface area contributed by atoms with E-state index in [0.717, 1.165) is 34.5 Å². The topological polar surface area (TPSA) is 51.7 Å². The van der Waals surface area contributed by atoms with Crippen LogP contribution >= 0.6 is 11.3 Å². The van der Waals surface area contributed by atoms with Crippen LogP contribution in [0.3, 0.4) is 0 Å². The second kappa shape index (κ2) is 6.55. The number of benzene rings is 1. The van der Waals surface area contributed by atoms with Crippen molar-refractivity contribution in [1.82, 2.24) is 9.88 Å². The SMILES string of the molecule is O=C(COCc1nc2ccccc2s1)N1CCO[C@H]2CCC[C@H]21. The fourth-order valence-electron chi connectivity index (χ4n) is 3.53. The van der Waals surface area contributed by atoms with Crippen LogP contribution in [0.5, 0.6) is 0 Å². The Bertz CT molecular complexity index is 669. The summed E-state index contributed by atoms with van der Waals surface area (Å²) in [6.07, 6.45) is 3.50. The molecule has 2 fully saturated rings. The predicted molar refractivity (Wildman–Crippen MR) is 88.4 cm³/mol. The van der Waals surface area contributed by atoms with E-state index in [-0.39, 0.29) is 24.7 Å². The molecule has 1 aromatic carbocycles. The fraction of sp³-hybridized carbons (Fsp3) is 0.529. The maximum absolute atomic E-state index is 12.4. The number of fused-ring (bicyclic) bond motifs is 2. The van der Waals surface area contributed by atoms with Crippen molar-refractivity contribution in [2.45, 2.75) is 38.0 Å². The zero-order valence-corrected chi connectivity index (χ0v) is 13.8. The van der Waals surface area contributed by atoms with E-state index in [0.29, 0.717) is 19.8 Å². The van der Waals surface area contributed by atoms with E-state index in [1.54, 1.807) is 11.3 Å². The van der Waals surface area contributed by atoms with E-state index in [1.807, 2.05) is 23.1 Å². The molecule has 2 heterocycles. The van der Waals surface area contributed by atoms with Gasteiger partial charge in [0.25, 0.3) is 0 Å². The summed E-state index contributed by atoms with van der Waals surface area (Å²) >= 11 is 1.62. The van der Waals surface area contributed by atoms with Crippen molar-refractivity contribution in [3.05, 3.63) is 29.3 Å². The molecular formula is C17H20N2O3S. The maximum atomic E-state index is 12.4. The Kier molecular flexibility index (Phi) is 4.29. The van der Waals surface area contributed by atoms with Crippen molar-refractivity contribution in [3.63, 3.8) is 0 Å². The molecule has 4 rings (SSSR count). The van der Waals surface area contributed by atoms with Crippen molar-refractivity contribution >= 4 is 27.5 Å². The molecule has 23 heavy (non-hydrogen) atoms. The molecule has 0 bridgehead atoms. The van der Waals surface area contributed by atoms with E-state index >= 15 is 0 Å². The van der Waals surface area contributed by atoms with Crippen molar-refractivity contribution in [2.24, 2.45) is 0 Å². The van der Waals surface area contributed by atoms with E-state index < -0.39 is 0 Å². The second-order valence-corrected chi connectivity index (χ2v) is 7.18. The summed E-state index contributed by atoms with van der Waals surface area (Å²) in [5.74, 6) is 0.0753. The summed E-state index contributed by atoms with van der Waals surface area (Å²) in [7, 11) is 0. The van der Waals surface area contributed by atoms with Crippen molar-refractivity contribution in [2.75, 3.05) is 19.8 Å². The van der Waals surface area contributed by atoms with Gasteiger partial charge in [0, 0.05) is 6.54 Å². The Morgan fingerprint density at radius 2 is 2.30 bits per heavy atom. The monoisotopic (exact) mass is 332 g/mol. The number of hydrogen-bond acceptors (Lipinski definition) is 5. The van der Waals surface area contributed by atoms with Crippen LogP contribution < -0.4 is 0 Å². The molecule has 1 amide bonds. The second-order valence-electron chi connectivity index (χ2n) is 6.06. The van der Waals surface area contributed by atoms with Crippen LogP contribution in [0, 0.1) is 0 Å².